The molecule has 6 nitrogen and oxygen atoms in total. The zero-order valence-corrected chi connectivity index (χ0v) is 15.5. The topological polar surface area (TPSA) is 79.4 Å². The van der Waals surface area contributed by atoms with Crippen LogP contribution in [0.2, 0.25) is 0 Å². The molecular weight excluding hydrogens is 350 g/mol. The van der Waals surface area contributed by atoms with Crippen LogP contribution in [0.25, 0.3) is 0 Å². The van der Waals surface area contributed by atoms with Crippen LogP contribution in [0.15, 0.2) is 59.6 Å². The molecule has 1 fully saturated rings. The number of aromatic nitrogens is 1. The summed E-state index contributed by atoms with van der Waals surface area (Å²) < 4.78 is 27.3. The first-order chi connectivity index (χ1) is 12.5. The molecule has 138 valence electrons. The summed E-state index contributed by atoms with van der Waals surface area (Å²) in [7, 11) is -3.70. The summed E-state index contributed by atoms with van der Waals surface area (Å²) in [6.07, 6.45) is 3.78. The maximum atomic E-state index is 13.0. The summed E-state index contributed by atoms with van der Waals surface area (Å²) in [5, 5.41) is 2.91. The quantitative estimate of drug-likeness (QED) is 0.873. The molecule has 2 heterocycles. The molecule has 1 aliphatic rings. The van der Waals surface area contributed by atoms with Gasteiger partial charge in [-0.05, 0) is 44.0 Å². The lowest BCUT2D eigenvalue weighted by Crippen LogP contribution is -2.52. The van der Waals surface area contributed by atoms with Crippen molar-refractivity contribution < 1.29 is 13.2 Å². The van der Waals surface area contributed by atoms with Gasteiger partial charge in [0.15, 0.2) is 0 Å². The van der Waals surface area contributed by atoms with Crippen LogP contribution in [0.1, 0.15) is 37.9 Å². The molecule has 3 rings (SSSR count). The number of nitrogens with zero attached hydrogens (tertiary/aromatic N) is 2. The number of rotatable bonds is 5. The average molecular weight is 373 g/mol. The molecule has 0 saturated carbocycles. The highest BCUT2D eigenvalue weighted by atomic mass is 32.2. The number of carbonyl (C=O) groups excluding carboxylic acids is 1. The summed E-state index contributed by atoms with van der Waals surface area (Å²) in [5.74, 6) is -0.276. The fourth-order valence-electron chi connectivity index (χ4n) is 3.20. The zero-order chi connectivity index (χ0) is 18.6. The van der Waals surface area contributed by atoms with Crippen molar-refractivity contribution in [2.75, 3.05) is 6.54 Å². The Hall–Kier alpha value is -2.25. The minimum atomic E-state index is -3.70. The van der Waals surface area contributed by atoms with Gasteiger partial charge < -0.3 is 5.32 Å². The SMILES string of the molecule is CC(NC(=O)C1CCCCN1S(=O)(=O)c1ccccc1)c1ccccn1. The number of nitrogens with one attached hydrogen (secondary N) is 1. The van der Waals surface area contributed by atoms with Crippen LogP contribution < -0.4 is 5.32 Å². The van der Waals surface area contributed by atoms with E-state index in [-0.39, 0.29) is 16.8 Å². The number of pyridine rings is 1. The van der Waals surface area contributed by atoms with Crippen molar-refractivity contribution in [3.63, 3.8) is 0 Å². The monoisotopic (exact) mass is 373 g/mol. The van der Waals surface area contributed by atoms with Crippen LogP contribution in [0.3, 0.4) is 0 Å². The van der Waals surface area contributed by atoms with Crippen LogP contribution in [0.4, 0.5) is 0 Å². The van der Waals surface area contributed by atoms with Gasteiger partial charge in [-0.2, -0.15) is 4.31 Å². The van der Waals surface area contributed by atoms with Gasteiger partial charge in [-0.1, -0.05) is 30.7 Å². The Kier molecular flexibility index (Phi) is 5.68. The predicted octanol–water partition coefficient (Wildman–Crippen LogP) is 2.50. The van der Waals surface area contributed by atoms with Crippen LogP contribution in [0, 0.1) is 0 Å². The molecule has 7 heteroatoms. The first-order valence-corrected chi connectivity index (χ1v) is 10.2. The Labute approximate surface area is 154 Å². The first kappa shape index (κ1) is 18.5. The van der Waals surface area contributed by atoms with E-state index in [4.69, 9.17) is 0 Å². The van der Waals surface area contributed by atoms with E-state index >= 15 is 0 Å². The summed E-state index contributed by atoms with van der Waals surface area (Å²) in [4.78, 5) is 17.3. The van der Waals surface area contributed by atoms with Gasteiger partial charge in [0.25, 0.3) is 0 Å². The Morgan fingerprint density at radius 3 is 2.58 bits per heavy atom. The Morgan fingerprint density at radius 2 is 1.88 bits per heavy atom. The van der Waals surface area contributed by atoms with Gasteiger partial charge >= 0.3 is 0 Å². The normalized spacial score (nSPS) is 19.7. The lowest BCUT2D eigenvalue weighted by atomic mass is 10.0. The predicted molar refractivity (Wildman–Crippen MR) is 98.8 cm³/mol. The maximum Gasteiger partial charge on any atom is 0.243 e. The lowest BCUT2D eigenvalue weighted by Gasteiger charge is -2.34. The fraction of sp³-hybridized carbons (Fsp3) is 0.368. The molecule has 26 heavy (non-hydrogen) atoms. The van der Waals surface area contributed by atoms with E-state index in [0.717, 1.165) is 18.5 Å². The van der Waals surface area contributed by atoms with Crippen LogP contribution in [-0.2, 0) is 14.8 Å². The van der Waals surface area contributed by atoms with Crippen molar-refractivity contribution in [1.82, 2.24) is 14.6 Å². The standard InChI is InChI=1S/C19H23N3O3S/c1-15(17-11-5-7-13-20-17)21-19(23)18-12-6-8-14-22(18)26(24,25)16-9-3-2-4-10-16/h2-5,7,9-11,13,15,18H,6,8,12,14H2,1H3,(H,21,23). The summed E-state index contributed by atoms with van der Waals surface area (Å²) in [6, 6.07) is 12.8. The molecule has 1 saturated heterocycles. The third-order valence-electron chi connectivity index (χ3n) is 4.60. The van der Waals surface area contributed by atoms with Crippen molar-refractivity contribution in [2.45, 2.75) is 43.2 Å². The zero-order valence-electron chi connectivity index (χ0n) is 14.7. The molecule has 2 unspecified atom stereocenters. The van der Waals surface area contributed by atoms with Crippen molar-refractivity contribution in [2.24, 2.45) is 0 Å². The molecule has 1 aromatic heterocycles. The molecule has 1 aromatic carbocycles. The minimum absolute atomic E-state index is 0.220. The van der Waals surface area contributed by atoms with E-state index in [9.17, 15) is 13.2 Å². The van der Waals surface area contributed by atoms with Gasteiger partial charge in [-0.25, -0.2) is 8.42 Å². The highest BCUT2D eigenvalue weighted by molar-refractivity contribution is 7.89. The molecule has 1 aliphatic heterocycles. The van der Waals surface area contributed by atoms with E-state index in [1.165, 1.54) is 4.31 Å². The molecular formula is C19H23N3O3S. The van der Waals surface area contributed by atoms with Crippen molar-refractivity contribution >= 4 is 15.9 Å². The van der Waals surface area contributed by atoms with Gasteiger partial charge in [0.05, 0.1) is 16.6 Å². The molecule has 0 radical (unpaired) electrons. The van der Waals surface area contributed by atoms with Gasteiger partial charge in [-0.3, -0.25) is 9.78 Å². The minimum Gasteiger partial charge on any atom is -0.347 e. The number of benzene rings is 1. The first-order valence-electron chi connectivity index (χ1n) is 8.78. The molecule has 2 atom stereocenters. The summed E-state index contributed by atoms with van der Waals surface area (Å²) in [5.41, 5.74) is 0.745. The highest BCUT2D eigenvalue weighted by Gasteiger charge is 2.37. The number of hydrogen-bond donors (Lipinski definition) is 1. The summed E-state index contributed by atoms with van der Waals surface area (Å²) >= 11 is 0. The number of sulfonamides is 1. The van der Waals surface area contributed by atoms with Crippen LogP contribution in [0.5, 0.6) is 0 Å². The summed E-state index contributed by atoms with van der Waals surface area (Å²) in [6.45, 7) is 2.20. The van der Waals surface area contributed by atoms with Crippen LogP contribution >= 0.6 is 0 Å². The molecule has 2 aromatic rings. The smallest absolute Gasteiger partial charge is 0.243 e. The van der Waals surface area contributed by atoms with Crippen molar-refractivity contribution in [1.29, 1.82) is 0 Å². The molecule has 0 bridgehead atoms. The van der Waals surface area contributed by atoms with Crippen molar-refractivity contribution in [3.8, 4) is 0 Å². The second kappa shape index (κ2) is 7.97. The van der Waals surface area contributed by atoms with Gasteiger partial charge in [0.1, 0.15) is 6.04 Å². The van der Waals surface area contributed by atoms with E-state index in [2.05, 4.69) is 10.3 Å². The largest absolute Gasteiger partial charge is 0.347 e. The average Bonchev–Trinajstić information content (AvgIpc) is 2.69. The highest BCUT2D eigenvalue weighted by Crippen LogP contribution is 2.26. The van der Waals surface area contributed by atoms with E-state index in [0.29, 0.717) is 13.0 Å². The van der Waals surface area contributed by atoms with E-state index < -0.39 is 16.1 Å². The van der Waals surface area contributed by atoms with Gasteiger partial charge in [0, 0.05) is 12.7 Å². The Balaban J connectivity index is 1.79. The maximum absolute atomic E-state index is 13.0. The van der Waals surface area contributed by atoms with Crippen LogP contribution in [-0.4, -0.2) is 36.2 Å². The molecule has 0 spiro atoms. The molecule has 1 amide bonds. The lowest BCUT2D eigenvalue weighted by molar-refractivity contribution is -0.126. The second-order valence-corrected chi connectivity index (χ2v) is 8.32. The number of hydrogen-bond acceptors (Lipinski definition) is 4. The van der Waals surface area contributed by atoms with E-state index in [1.54, 1.807) is 36.5 Å². The van der Waals surface area contributed by atoms with Gasteiger partial charge in [0.2, 0.25) is 15.9 Å². The Morgan fingerprint density at radius 1 is 1.15 bits per heavy atom. The molecule has 0 aliphatic carbocycles. The Bertz CT molecular complexity index is 841. The number of piperidine rings is 1. The van der Waals surface area contributed by atoms with Crippen molar-refractivity contribution in [3.05, 3.63) is 60.4 Å². The third-order valence-corrected chi connectivity index (χ3v) is 6.52. The number of carbonyl (C=O) groups is 1. The second-order valence-electron chi connectivity index (χ2n) is 6.43. The molecule has 1 N–H and O–H groups in total. The van der Waals surface area contributed by atoms with Gasteiger partial charge in [-0.15, -0.1) is 0 Å². The van der Waals surface area contributed by atoms with E-state index in [1.807, 2.05) is 25.1 Å². The third kappa shape index (κ3) is 3.94. The fourth-order valence-corrected chi connectivity index (χ4v) is 4.88. The number of amides is 1.